The first-order chi connectivity index (χ1) is 14.7. The van der Waals surface area contributed by atoms with Crippen LogP contribution in [-0.2, 0) is 9.53 Å². The highest BCUT2D eigenvalue weighted by molar-refractivity contribution is 7.99. The predicted molar refractivity (Wildman–Crippen MR) is 103 cm³/mol. The number of aromatic nitrogens is 4. The molecular weight excluding hydrogens is 439 g/mol. The summed E-state index contributed by atoms with van der Waals surface area (Å²) in [4.78, 5) is 23.6. The molecule has 1 amide bonds. The number of esters is 1. The molecule has 2 aromatic carbocycles. The van der Waals surface area contributed by atoms with Crippen LogP contribution in [0.2, 0.25) is 0 Å². The van der Waals surface area contributed by atoms with Gasteiger partial charge in [0.1, 0.15) is 5.75 Å². The molecule has 0 fully saturated rings. The van der Waals surface area contributed by atoms with Crippen LogP contribution in [0.1, 0.15) is 10.4 Å². The molecule has 0 unspecified atom stereocenters. The first-order valence-electron chi connectivity index (χ1n) is 8.51. The number of carbonyl (C=O) groups is 2. The van der Waals surface area contributed by atoms with Crippen molar-refractivity contribution in [2.75, 3.05) is 18.2 Å². The molecule has 1 N–H and O–H groups in total. The first-order valence-corrected chi connectivity index (χ1v) is 9.49. The zero-order valence-electron chi connectivity index (χ0n) is 15.8. The number of carbonyl (C=O) groups excluding carboxylic acids is 2. The van der Waals surface area contributed by atoms with Crippen LogP contribution in [0.3, 0.4) is 0 Å². The Labute approximate surface area is 177 Å². The number of ether oxygens (including phenoxy) is 2. The number of hydrogen-bond acceptors (Lipinski definition) is 8. The molecule has 1 aromatic heterocycles. The van der Waals surface area contributed by atoms with Crippen molar-refractivity contribution >= 4 is 29.3 Å². The summed E-state index contributed by atoms with van der Waals surface area (Å²) in [7, 11) is 1.27. The second-order valence-corrected chi connectivity index (χ2v) is 6.76. The molecule has 162 valence electrons. The van der Waals surface area contributed by atoms with Gasteiger partial charge in [-0.15, -0.1) is 18.3 Å². The number of thioether (sulfide) groups is 1. The Bertz CT molecular complexity index is 1060. The van der Waals surface area contributed by atoms with Gasteiger partial charge < -0.3 is 14.8 Å². The van der Waals surface area contributed by atoms with Crippen molar-refractivity contribution in [1.82, 2.24) is 20.2 Å². The fourth-order valence-electron chi connectivity index (χ4n) is 2.35. The minimum atomic E-state index is -4.79. The van der Waals surface area contributed by atoms with E-state index in [9.17, 15) is 22.8 Å². The second-order valence-electron chi connectivity index (χ2n) is 5.82. The van der Waals surface area contributed by atoms with Crippen LogP contribution in [0, 0.1) is 0 Å². The number of hydrogen-bond donors (Lipinski definition) is 1. The third-order valence-electron chi connectivity index (χ3n) is 3.68. The number of tetrazole rings is 1. The highest BCUT2D eigenvalue weighted by Gasteiger charge is 2.31. The summed E-state index contributed by atoms with van der Waals surface area (Å²) < 4.78 is 46.5. The minimum absolute atomic E-state index is 0.0333. The largest absolute Gasteiger partial charge is 0.573 e. The molecule has 0 bridgehead atoms. The number of halogens is 3. The molecule has 13 heteroatoms. The number of benzene rings is 2. The van der Waals surface area contributed by atoms with E-state index in [1.165, 1.54) is 36.1 Å². The average Bonchev–Trinajstić information content (AvgIpc) is 3.20. The minimum Gasteiger partial charge on any atom is -0.465 e. The van der Waals surface area contributed by atoms with Crippen molar-refractivity contribution in [1.29, 1.82) is 0 Å². The smallest absolute Gasteiger partial charge is 0.465 e. The van der Waals surface area contributed by atoms with E-state index in [-0.39, 0.29) is 22.6 Å². The zero-order valence-corrected chi connectivity index (χ0v) is 16.6. The summed E-state index contributed by atoms with van der Waals surface area (Å²) in [6.07, 6.45) is -4.79. The van der Waals surface area contributed by atoms with Crippen LogP contribution >= 0.6 is 11.8 Å². The average molecular weight is 453 g/mol. The summed E-state index contributed by atoms with van der Waals surface area (Å²) in [5.41, 5.74) is 1.22. The second kappa shape index (κ2) is 9.47. The molecule has 0 saturated heterocycles. The molecule has 3 rings (SSSR count). The standard InChI is InChI=1S/C18H14F3N5O4S/c1-29-16(28)11-2-4-12(5-3-11)22-15(27)10-31-17-23-24-25-26(17)13-6-8-14(9-7-13)30-18(19,20)21/h2-9H,10H2,1H3,(H,22,27). The van der Waals surface area contributed by atoms with Gasteiger partial charge in [-0.2, -0.15) is 4.68 Å². The molecule has 0 atom stereocenters. The number of alkyl halides is 3. The van der Waals surface area contributed by atoms with Crippen molar-refractivity contribution in [2.24, 2.45) is 0 Å². The SMILES string of the molecule is COC(=O)c1ccc(NC(=O)CSc2nnnn2-c2ccc(OC(F)(F)F)cc2)cc1. The van der Waals surface area contributed by atoms with Gasteiger partial charge in [-0.3, -0.25) is 4.79 Å². The van der Waals surface area contributed by atoms with Crippen molar-refractivity contribution in [3.8, 4) is 11.4 Å². The van der Waals surface area contributed by atoms with Crippen molar-refractivity contribution < 1.29 is 32.2 Å². The molecule has 0 saturated carbocycles. The van der Waals surface area contributed by atoms with E-state index in [0.717, 1.165) is 23.9 Å². The lowest BCUT2D eigenvalue weighted by molar-refractivity contribution is -0.274. The van der Waals surface area contributed by atoms with E-state index in [2.05, 4.69) is 30.3 Å². The maximum Gasteiger partial charge on any atom is 0.573 e. The fourth-order valence-corrected chi connectivity index (χ4v) is 3.05. The number of nitrogens with one attached hydrogen (secondary N) is 1. The lowest BCUT2D eigenvalue weighted by Gasteiger charge is -2.09. The van der Waals surface area contributed by atoms with Gasteiger partial charge in [-0.05, 0) is 59.0 Å². The molecule has 0 aliphatic heterocycles. The third kappa shape index (κ3) is 6.18. The number of rotatable bonds is 7. The molecule has 31 heavy (non-hydrogen) atoms. The van der Waals surface area contributed by atoms with Gasteiger partial charge in [-0.25, -0.2) is 4.79 Å². The monoisotopic (exact) mass is 453 g/mol. The van der Waals surface area contributed by atoms with Crippen LogP contribution in [0.5, 0.6) is 5.75 Å². The molecule has 0 aliphatic carbocycles. The summed E-state index contributed by atoms with van der Waals surface area (Å²) in [6, 6.07) is 11.1. The lowest BCUT2D eigenvalue weighted by Crippen LogP contribution is -2.17. The van der Waals surface area contributed by atoms with Gasteiger partial charge >= 0.3 is 12.3 Å². The maximum atomic E-state index is 12.3. The summed E-state index contributed by atoms with van der Waals surface area (Å²) >= 11 is 1.03. The topological polar surface area (TPSA) is 108 Å². The van der Waals surface area contributed by atoms with Crippen molar-refractivity contribution in [3.05, 3.63) is 54.1 Å². The predicted octanol–water partition coefficient (Wildman–Crippen LogP) is 3.08. The van der Waals surface area contributed by atoms with Crippen LogP contribution < -0.4 is 10.1 Å². The maximum absolute atomic E-state index is 12.3. The normalized spacial score (nSPS) is 11.1. The van der Waals surface area contributed by atoms with Gasteiger partial charge in [0.25, 0.3) is 0 Å². The zero-order chi connectivity index (χ0) is 22.4. The molecular formula is C18H14F3N5O4S. The van der Waals surface area contributed by atoms with E-state index < -0.39 is 12.3 Å². The molecule has 0 spiro atoms. The van der Waals surface area contributed by atoms with E-state index in [1.807, 2.05) is 0 Å². The van der Waals surface area contributed by atoms with Crippen molar-refractivity contribution in [2.45, 2.75) is 11.5 Å². The van der Waals surface area contributed by atoms with Crippen LogP contribution in [0.15, 0.2) is 53.7 Å². The fraction of sp³-hybridized carbons (Fsp3) is 0.167. The Kier molecular flexibility index (Phi) is 6.74. The molecule has 1 heterocycles. The van der Waals surface area contributed by atoms with Gasteiger partial charge in [0, 0.05) is 5.69 Å². The lowest BCUT2D eigenvalue weighted by atomic mass is 10.2. The van der Waals surface area contributed by atoms with Crippen molar-refractivity contribution in [3.63, 3.8) is 0 Å². The van der Waals surface area contributed by atoms with E-state index in [0.29, 0.717) is 16.9 Å². The molecule has 9 nitrogen and oxygen atoms in total. The van der Waals surface area contributed by atoms with Crippen LogP contribution in [0.25, 0.3) is 5.69 Å². The Morgan fingerprint density at radius 3 is 2.39 bits per heavy atom. The Hall–Kier alpha value is -3.61. The Morgan fingerprint density at radius 1 is 1.10 bits per heavy atom. The highest BCUT2D eigenvalue weighted by Crippen LogP contribution is 2.25. The molecule has 3 aromatic rings. The summed E-state index contributed by atoms with van der Waals surface area (Å²) in [6.45, 7) is 0. The highest BCUT2D eigenvalue weighted by atomic mass is 32.2. The number of methoxy groups -OCH3 is 1. The van der Waals surface area contributed by atoms with Crippen LogP contribution in [-0.4, -0.2) is 51.3 Å². The number of anilines is 1. The van der Waals surface area contributed by atoms with Gasteiger partial charge in [0.05, 0.1) is 24.1 Å². The quantitative estimate of drug-likeness (QED) is 0.430. The molecule has 0 radical (unpaired) electrons. The van der Waals surface area contributed by atoms with E-state index >= 15 is 0 Å². The Balaban J connectivity index is 1.59. The number of amides is 1. The number of nitrogens with zero attached hydrogens (tertiary/aromatic N) is 4. The van der Waals surface area contributed by atoms with Gasteiger partial charge in [0.15, 0.2) is 0 Å². The van der Waals surface area contributed by atoms with E-state index in [1.54, 1.807) is 12.1 Å². The van der Waals surface area contributed by atoms with E-state index in [4.69, 9.17) is 0 Å². The summed E-state index contributed by atoms with van der Waals surface area (Å²) in [5, 5.41) is 14.1. The first kappa shape index (κ1) is 22.1. The Morgan fingerprint density at radius 2 is 1.77 bits per heavy atom. The van der Waals surface area contributed by atoms with Gasteiger partial charge in [0.2, 0.25) is 11.1 Å². The van der Waals surface area contributed by atoms with Gasteiger partial charge in [-0.1, -0.05) is 11.8 Å². The molecule has 0 aliphatic rings. The van der Waals surface area contributed by atoms with Crippen LogP contribution in [0.4, 0.5) is 18.9 Å². The third-order valence-corrected chi connectivity index (χ3v) is 4.60. The summed E-state index contributed by atoms with van der Waals surface area (Å²) in [5.74, 6) is -1.25.